The molecule has 1 atom stereocenters. The van der Waals surface area contributed by atoms with Crippen LogP contribution in [0.1, 0.15) is 6.42 Å². The fourth-order valence-corrected chi connectivity index (χ4v) is 4.97. The van der Waals surface area contributed by atoms with Gasteiger partial charge in [0, 0.05) is 12.2 Å². The van der Waals surface area contributed by atoms with Crippen LogP contribution < -0.4 is 15.0 Å². The molecule has 0 spiro atoms. The monoisotopic (exact) mass is 398 g/mol. The van der Waals surface area contributed by atoms with Crippen LogP contribution in [0.4, 0.5) is 16.5 Å². The van der Waals surface area contributed by atoms with Crippen LogP contribution in [-0.2, 0) is 4.79 Å². The van der Waals surface area contributed by atoms with Gasteiger partial charge in [-0.15, -0.1) is 10.2 Å². The molecular formula is C19H18N4O2S2. The van der Waals surface area contributed by atoms with Crippen LogP contribution in [0.5, 0.6) is 5.75 Å². The van der Waals surface area contributed by atoms with Crippen molar-refractivity contribution in [2.75, 3.05) is 23.9 Å². The van der Waals surface area contributed by atoms with Crippen molar-refractivity contribution in [1.29, 1.82) is 0 Å². The summed E-state index contributed by atoms with van der Waals surface area (Å²) in [5.41, 5.74) is 1.78. The van der Waals surface area contributed by atoms with Crippen molar-refractivity contribution in [1.82, 2.24) is 10.2 Å². The lowest BCUT2D eigenvalue weighted by molar-refractivity contribution is -0.116. The Labute approximate surface area is 165 Å². The lowest BCUT2D eigenvalue weighted by atomic mass is 10.3. The van der Waals surface area contributed by atoms with Gasteiger partial charge in [0.15, 0.2) is 4.34 Å². The number of nitrogens with zero attached hydrogens (tertiary/aromatic N) is 3. The SMILES string of the molecule is COc1ccccc1Nc1nnc(S[C@H]2CCN(c3ccccc3)C2=O)s1. The Bertz CT molecular complexity index is 932. The average Bonchev–Trinajstić information content (AvgIpc) is 3.30. The summed E-state index contributed by atoms with van der Waals surface area (Å²) in [5.74, 6) is 0.868. The Morgan fingerprint density at radius 1 is 1.15 bits per heavy atom. The predicted octanol–water partition coefficient (Wildman–Crippen LogP) is 4.19. The van der Waals surface area contributed by atoms with Crippen molar-refractivity contribution in [2.45, 2.75) is 16.0 Å². The molecule has 1 aromatic heterocycles. The summed E-state index contributed by atoms with van der Waals surface area (Å²) >= 11 is 2.92. The van der Waals surface area contributed by atoms with Gasteiger partial charge in [0.2, 0.25) is 11.0 Å². The summed E-state index contributed by atoms with van der Waals surface area (Å²) in [4.78, 5) is 14.6. The van der Waals surface area contributed by atoms with Gasteiger partial charge in [-0.05, 0) is 30.7 Å². The van der Waals surface area contributed by atoms with Crippen molar-refractivity contribution in [2.24, 2.45) is 0 Å². The Balaban J connectivity index is 1.42. The number of anilines is 3. The van der Waals surface area contributed by atoms with E-state index >= 15 is 0 Å². The number of benzene rings is 2. The first kappa shape index (κ1) is 17.8. The van der Waals surface area contributed by atoms with E-state index in [4.69, 9.17) is 4.74 Å². The van der Waals surface area contributed by atoms with Crippen LogP contribution >= 0.6 is 23.1 Å². The number of aromatic nitrogens is 2. The van der Waals surface area contributed by atoms with Crippen molar-refractivity contribution < 1.29 is 9.53 Å². The van der Waals surface area contributed by atoms with Crippen molar-refractivity contribution in [3.05, 3.63) is 54.6 Å². The number of amides is 1. The maximum absolute atomic E-state index is 12.7. The molecule has 8 heteroatoms. The van der Waals surface area contributed by atoms with E-state index in [1.165, 1.54) is 23.1 Å². The molecule has 1 aliphatic heterocycles. The smallest absolute Gasteiger partial charge is 0.240 e. The first-order valence-corrected chi connectivity index (χ1v) is 10.2. The van der Waals surface area contributed by atoms with Gasteiger partial charge < -0.3 is 15.0 Å². The summed E-state index contributed by atoms with van der Waals surface area (Å²) in [6.45, 7) is 0.728. The maximum Gasteiger partial charge on any atom is 0.240 e. The number of carbonyl (C=O) groups is 1. The number of hydrogen-bond donors (Lipinski definition) is 1. The van der Waals surface area contributed by atoms with Crippen molar-refractivity contribution in [3.8, 4) is 5.75 Å². The van der Waals surface area contributed by atoms with E-state index in [0.717, 1.165) is 34.4 Å². The minimum atomic E-state index is -0.128. The topological polar surface area (TPSA) is 67.3 Å². The number of methoxy groups -OCH3 is 1. The molecule has 4 rings (SSSR count). The van der Waals surface area contributed by atoms with E-state index in [-0.39, 0.29) is 11.2 Å². The molecular weight excluding hydrogens is 380 g/mol. The van der Waals surface area contributed by atoms with Gasteiger partial charge in [-0.2, -0.15) is 0 Å². The minimum absolute atomic E-state index is 0.126. The summed E-state index contributed by atoms with van der Waals surface area (Å²) in [5, 5.41) is 12.2. The highest BCUT2D eigenvalue weighted by atomic mass is 32.2. The zero-order chi connectivity index (χ0) is 18.6. The molecule has 2 heterocycles. The summed E-state index contributed by atoms with van der Waals surface area (Å²) in [6, 6.07) is 17.4. The number of rotatable bonds is 6. The van der Waals surface area contributed by atoms with Gasteiger partial charge >= 0.3 is 0 Å². The summed E-state index contributed by atoms with van der Waals surface area (Å²) < 4.78 is 6.12. The molecule has 0 unspecified atom stereocenters. The lowest BCUT2D eigenvalue weighted by Gasteiger charge is -2.16. The second-order valence-corrected chi connectivity index (χ2v) is 8.35. The third-order valence-corrected chi connectivity index (χ3v) is 6.40. The number of hydrogen-bond acceptors (Lipinski definition) is 7. The van der Waals surface area contributed by atoms with E-state index in [2.05, 4.69) is 15.5 Å². The third kappa shape index (κ3) is 3.91. The van der Waals surface area contributed by atoms with Crippen LogP contribution in [0.25, 0.3) is 0 Å². The standard InChI is InChI=1S/C19H18N4O2S2/c1-25-15-10-6-5-9-14(15)20-18-21-22-19(27-18)26-16-11-12-23(17(16)24)13-7-3-2-4-8-13/h2-10,16H,11-12H2,1H3,(H,20,21)/t16-/m0/s1. The van der Waals surface area contributed by atoms with Crippen LogP contribution in [-0.4, -0.2) is 35.0 Å². The Hall–Kier alpha value is -2.58. The number of para-hydroxylation sites is 3. The van der Waals surface area contributed by atoms with Crippen LogP contribution in [0.15, 0.2) is 58.9 Å². The first-order valence-electron chi connectivity index (χ1n) is 8.51. The van der Waals surface area contributed by atoms with Gasteiger partial charge in [0.1, 0.15) is 5.75 Å². The highest BCUT2D eigenvalue weighted by Crippen LogP contribution is 2.37. The molecule has 0 bridgehead atoms. The zero-order valence-electron chi connectivity index (χ0n) is 14.7. The molecule has 1 fully saturated rings. The fourth-order valence-electron chi connectivity index (χ4n) is 2.92. The quantitative estimate of drug-likeness (QED) is 0.672. The van der Waals surface area contributed by atoms with Gasteiger partial charge in [-0.3, -0.25) is 4.79 Å². The highest BCUT2D eigenvalue weighted by molar-refractivity contribution is 8.02. The summed E-state index contributed by atoms with van der Waals surface area (Å²) in [7, 11) is 1.63. The maximum atomic E-state index is 12.7. The Kier molecular flexibility index (Phi) is 5.26. The van der Waals surface area contributed by atoms with Crippen LogP contribution in [0.3, 0.4) is 0 Å². The van der Waals surface area contributed by atoms with Crippen LogP contribution in [0, 0.1) is 0 Å². The van der Waals surface area contributed by atoms with Crippen molar-refractivity contribution in [3.63, 3.8) is 0 Å². The van der Waals surface area contributed by atoms with Gasteiger partial charge in [0.25, 0.3) is 0 Å². The molecule has 2 aromatic carbocycles. The Morgan fingerprint density at radius 3 is 2.74 bits per heavy atom. The van der Waals surface area contributed by atoms with Gasteiger partial charge in [-0.1, -0.05) is 53.4 Å². The second-order valence-electron chi connectivity index (χ2n) is 5.92. The molecule has 0 aliphatic carbocycles. The van der Waals surface area contributed by atoms with Gasteiger partial charge in [-0.25, -0.2) is 0 Å². The normalized spacial score (nSPS) is 16.6. The second kappa shape index (κ2) is 7.98. The zero-order valence-corrected chi connectivity index (χ0v) is 16.3. The van der Waals surface area contributed by atoms with Crippen molar-refractivity contribution >= 4 is 45.5 Å². The number of carbonyl (C=O) groups excluding carboxylic acids is 1. The molecule has 1 N–H and O–H groups in total. The average molecular weight is 399 g/mol. The fraction of sp³-hybridized carbons (Fsp3) is 0.211. The molecule has 1 amide bonds. The Morgan fingerprint density at radius 2 is 1.93 bits per heavy atom. The van der Waals surface area contributed by atoms with Crippen LogP contribution in [0.2, 0.25) is 0 Å². The molecule has 1 aliphatic rings. The number of ether oxygens (including phenoxy) is 1. The third-order valence-electron chi connectivity index (χ3n) is 4.22. The largest absolute Gasteiger partial charge is 0.495 e. The number of thioether (sulfide) groups is 1. The van der Waals surface area contributed by atoms with Gasteiger partial charge in [0.05, 0.1) is 18.0 Å². The molecule has 0 radical (unpaired) electrons. The van der Waals surface area contributed by atoms with E-state index in [1.807, 2.05) is 59.5 Å². The molecule has 1 saturated heterocycles. The van der Waals surface area contributed by atoms with E-state index in [9.17, 15) is 4.79 Å². The number of nitrogens with one attached hydrogen (secondary N) is 1. The molecule has 0 saturated carbocycles. The first-order chi connectivity index (χ1) is 13.2. The van der Waals surface area contributed by atoms with E-state index < -0.39 is 0 Å². The summed E-state index contributed by atoms with van der Waals surface area (Å²) in [6.07, 6.45) is 0.799. The molecule has 3 aromatic rings. The molecule has 27 heavy (non-hydrogen) atoms. The molecule has 138 valence electrons. The molecule has 6 nitrogen and oxygen atoms in total. The highest BCUT2D eigenvalue weighted by Gasteiger charge is 2.34. The lowest BCUT2D eigenvalue weighted by Crippen LogP contribution is -2.27. The predicted molar refractivity (Wildman–Crippen MR) is 109 cm³/mol. The van der Waals surface area contributed by atoms with E-state index in [0.29, 0.717) is 5.13 Å². The minimum Gasteiger partial charge on any atom is -0.495 e. The van der Waals surface area contributed by atoms with E-state index in [1.54, 1.807) is 7.11 Å².